The maximum absolute atomic E-state index is 13.7. The number of hydrogen-bond donors (Lipinski definition) is 0. The molecule has 0 aliphatic rings. The van der Waals surface area contributed by atoms with Crippen LogP contribution in [-0.4, -0.2) is 36.5 Å². The largest absolute Gasteiger partial charge is 0.382 e. The summed E-state index contributed by atoms with van der Waals surface area (Å²) in [5.41, 5.74) is 1.05. The number of rotatable bonds is 6. The van der Waals surface area contributed by atoms with Gasteiger partial charge in [-0.2, -0.15) is 0 Å². The molecule has 0 saturated carbocycles. The van der Waals surface area contributed by atoms with Crippen LogP contribution in [0.25, 0.3) is 11.0 Å². The fourth-order valence-electron chi connectivity index (χ4n) is 2.05. The van der Waals surface area contributed by atoms with E-state index in [1.54, 1.807) is 20.3 Å². The number of nitrogens with zero attached hydrogens (tertiary/aromatic N) is 2. The van der Waals surface area contributed by atoms with Gasteiger partial charge in [-0.05, 0) is 12.1 Å². The Morgan fingerprint density at radius 1 is 1.42 bits per heavy atom. The molecule has 0 aliphatic carbocycles. The lowest BCUT2D eigenvalue weighted by molar-refractivity contribution is 0.0186. The SMILES string of the molecule is COCC(Cn1c(CCl)nc2c(F)cccc21)OC. The molecule has 1 atom stereocenters. The molecule has 6 heteroatoms. The minimum absolute atomic E-state index is 0.132. The molecule has 0 bridgehead atoms. The van der Waals surface area contributed by atoms with E-state index in [-0.39, 0.29) is 17.8 Å². The summed E-state index contributed by atoms with van der Waals surface area (Å²) < 4.78 is 26.0. The summed E-state index contributed by atoms with van der Waals surface area (Å²) in [6.45, 7) is 0.972. The lowest BCUT2D eigenvalue weighted by Gasteiger charge is -2.16. The minimum atomic E-state index is -0.344. The summed E-state index contributed by atoms with van der Waals surface area (Å²) in [4.78, 5) is 4.24. The third kappa shape index (κ3) is 2.88. The Labute approximate surface area is 116 Å². The molecule has 2 aromatic rings. The van der Waals surface area contributed by atoms with Crippen molar-refractivity contribution < 1.29 is 13.9 Å². The van der Waals surface area contributed by atoms with Crippen LogP contribution < -0.4 is 0 Å². The normalized spacial score (nSPS) is 13.1. The van der Waals surface area contributed by atoms with Crippen molar-refractivity contribution >= 4 is 22.6 Å². The Bertz CT molecular complexity index is 559. The van der Waals surface area contributed by atoms with Gasteiger partial charge in [0.25, 0.3) is 0 Å². The molecular formula is C13H16ClFN2O2. The van der Waals surface area contributed by atoms with E-state index in [0.29, 0.717) is 30.0 Å². The molecule has 2 rings (SSSR count). The number of hydrogen-bond acceptors (Lipinski definition) is 3. The van der Waals surface area contributed by atoms with E-state index in [0.717, 1.165) is 0 Å². The maximum atomic E-state index is 13.7. The molecule has 19 heavy (non-hydrogen) atoms. The predicted octanol–water partition coefficient (Wildman–Crippen LogP) is 2.58. The first-order valence-corrected chi connectivity index (χ1v) is 6.46. The Hall–Kier alpha value is -1.17. The molecule has 1 unspecified atom stereocenters. The highest BCUT2D eigenvalue weighted by Gasteiger charge is 2.16. The number of ether oxygens (including phenoxy) is 2. The van der Waals surface area contributed by atoms with Gasteiger partial charge < -0.3 is 14.0 Å². The lowest BCUT2D eigenvalue weighted by Crippen LogP contribution is -2.24. The molecule has 0 fully saturated rings. The van der Waals surface area contributed by atoms with E-state index in [9.17, 15) is 4.39 Å². The van der Waals surface area contributed by atoms with Crippen LogP contribution in [0.15, 0.2) is 18.2 Å². The highest BCUT2D eigenvalue weighted by Crippen LogP contribution is 2.21. The fraction of sp³-hybridized carbons (Fsp3) is 0.462. The van der Waals surface area contributed by atoms with Crippen molar-refractivity contribution in [3.63, 3.8) is 0 Å². The van der Waals surface area contributed by atoms with Gasteiger partial charge in [-0.15, -0.1) is 11.6 Å². The summed E-state index contributed by atoms with van der Waals surface area (Å²) in [5, 5.41) is 0. The van der Waals surface area contributed by atoms with Crippen LogP contribution in [0.5, 0.6) is 0 Å². The summed E-state index contributed by atoms with van der Waals surface area (Å²) >= 11 is 5.88. The summed E-state index contributed by atoms with van der Waals surface area (Å²) in [6, 6.07) is 4.87. The van der Waals surface area contributed by atoms with Gasteiger partial charge in [-0.3, -0.25) is 0 Å². The third-order valence-corrected chi connectivity index (χ3v) is 3.24. The maximum Gasteiger partial charge on any atom is 0.151 e. The van der Waals surface area contributed by atoms with Crippen molar-refractivity contribution in [2.75, 3.05) is 20.8 Å². The van der Waals surface area contributed by atoms with Crippen LogP contribution in [0.1, 0.15) is 5.82 Å². The minimum Gasteiger partial charge on any atom is -0.382 e. The van der Waals surface area contributed by atoms with Gasteiger partial charge in [-0.25, -0.2) is 9.37 Å². The Balaban J connectivity index is 2.42. The van der Waals surface area contributed by atoms with E-state index in [2.05, 4.69) is 4.98 Å². The van der Waals surface area contributed by atoms with Crippen LogP contribution in [-0.2, 0) is 21.9 Å². The molecule has 104 valence electrons. The Morgan fingerprint density at radius 2 is 2.21 bits per heavy atom. The molecule has 1 heterocycles. The summed E-state index contributed by atoms with van der Waals surface area (Å²) in [7, 11) is 3.23. The second-order valence-corrected chi connectivity index (χ2v) is 4.46. The fourth-order valence-corrected chi connectivity index (χ4v) is 2.26. The van der Waals surface area contributed by atoms with Crippen molar-refractivity contribution in [1.82, 2.24) is 9.55 Å². The molecule has 0 aliphatic heterocycles. The molecule has 1 aromatic carbocycles. The Morgan fingerprint density at radius 3 is 2.84 bits per heavy atom. The second-order valence-electron chi connectivity index (χ2n) is 4.19. The van der Waals surface area contributed by atoms with E-state index in [1.807, 2.05) is 10.6 Å². The zero-order chi connectivity index (χ0) is 13.8. The van der Waals surface area contributed by atoms with E-state index in [4.69, 9.17) is 21.1 Å². The zero-order valence-corrected chi connectivity index (χ0v) is 11.7. The lowest BCUT2D eigenvalue weighted by atomic mass is 10.3. The average molecular weight is 287 g/mol. The molecule has 0 N–H and O–H groups in total. The van der Waals surface area contributed by atoms with E-state index in [1.165, 1.54) is 6.07 Å². The summed E-state index contributed by atoms with van der Waals surface area (Å²) in [5.74, 6) is 0.501. The van der Waals surface area contributed by atoms with Crippen LogP contribution >= 0.6 is 11.6 Å². The molecule has 0 saturated heterocycles. The van der Waals surface area contributed by atoms with Gasteiger partial charge in [0.15, 0.2) is 5.82 Å². The van der Waals surface area contributed by atoms with Crippen molar-refractivity contribution in [2.45, 2.75) is 18.5 Å². The van der Waals surface area contributed by atoms with Gasteiger partial charge in [0, 0.05) is 14.2 Å². The molecule has 0 spiro atoms. The summed E-state index contributed by atoms with van der Waals surface area (Å²) in [6.07, 6.45) is -0.132. The van der Waals surface area contributed by atoms with Crippen molar-refractivity contribution in [1.29, 1.82) is 0 Å². The van der Waals surface area contributed by atoms with Crippen molar-refractivity contribution in [3.05, 3.63) is 29.8 Å². The van der Waals surface area contributed by atoms with Crippen LogP contribution in [0, 0.1) is 5.82 Å². The van der Waals surface area contributed by atoms with Gasteiger partial charge >= 0.3 is 0 Å². The average Bonchev–Trinajstić information content (AvgIpc) is 2.78. The van der Waals surface area contributed by atoms with Crippen LogP contribution in [0.4, 0.5) is 4.39 Å². The first-order chi connectivity index (χ1) is 9.21. The quantitative estimate of drug-likeness (QED) is 0.766. The van der Waals surface area contributed by atoms with E-state index >= 15 is 0 Å². The molecular weight excluding hydrogens is 271 g/mol. The van der Waals surface area contributed by atoms with Gasteiger partial charge in [0.05, 0.1) is 30.7 Å². The Kier molecular flexibility index (Phi) is 4.74. The predicted molar refractivity (Wildman–Crippen MR) is 71.9 cm³/mol. The molecule has 4 nitrogen and oxygen atoms in total. The number of halogens is 2. The molecule has 0 amide bonds. The van der Waals surface area contributed by atoms with Gasteiger partial charge in [-0.1, -0.05) is 6.07 Å². The second kappa shape index (κ2) is 6.32. The number of para-hydroxylation sites is 1. The highest BCUT2D eigenvalue weighted by molar-refractivity contribution is 6.16. The standard InChI is InChI=1S/C13H16ClFN2O2/c1-18-8-9(19-2)7-17-11-5-3-4-10(15)13(11)16-12(17)6-14/h3-5,9H,6-8H2,1-2H3. The number of methoxy groups -OCH3 is 2. The van der Waals surface area contributed by atoms with Crippen LogP contribution in [0.2, 0.25) is 0 Å². The number of alkyl halides is 1. The van der Waals surface area contributed by atoms with Crippen LogP contribution in [0.3, 0.4) is 0 Å². The smallest absolute Gasteiger partial charge is 0.151 e. The van der Waals surface area contributed by atoms with Crippen molar-refractivity contribution in [3.8, 4) is 0 Å². The highest BCUT2D eigenvalue weighted by atomic mass is 35.5. The third-order valence-electron chi connectivity index (χ3n) is 3.00. The number of fused-ring (bicyclic) bond motifs is 1. The van der Waals surface area contributed by atoms with E-state index < -0.39 is 0 Å². The molecule has 1 aromatic heterocycles. The van der Waals surface area contributed by atoms with Gasteiger partial charge in [0.2, 0.25) is 0 Å². The van der Waals surface area contributed by atoms with Gasteiger partial charge in [0.1, 0.15) is 11.3 Å². The first-order valence-electron chi connectivity index (χ1n) is 5.92. The van der Waals surface area contributed by atoms with Crippen molar-refractivity contribution in [2.24, 2.45) is 0 Å². The number of imidazole rings is 1. The zero-order valence-electron chi connectivity index (χ0n) is 10.9. The number of benzene rings is 1. The molecule has 0 radical (unpaired) electrons. The topological polar surface area (TPSA) is 36.3 Å². The monoisotopic (exact) mass is 286 g/mol. The first kappa shape index (κ1) is 14.2. The number of aromatic nitrogens is 2.